The van der Waals surface area contributed by atoms with Crippen molar-refractivity contribution >= 4 is 17.5 Å². The Hall–Kier alpha value is -3.03. The minimum Gasteiger partial charge on any atom is -0.497 e. The standard InChI is InChI=1S/C23H31N5O3/c1-17-6-8-26(9-7-17)21-4-5-22(25-24-21)27-10-12-28(13-11-27)23(29)18-14-19(30-2)16-20(15-18)31-3/h4-5,14-17H,6-13H2,1-3H3. The van der Waals surface area contributed by atoms with Crippen molar-refractivity contribution in [3.05, 3.63) is 35.9 Å². The summed E-state index contributed by atoms with van der Waals surface area (Å²) in [6.45, 7) is 7.11. The molecule has 0 bridgehead atoms. The third-order valence-electron chi connectivity index (χ3n) is 6.23. The first-order chi connectivity index (χ1) is 15.1. The van der Waals surface area contributed by atoms with E-state index >= 15 is 0 Å². The van der Waals surface area contributed by atoms with Crippen molar-refractivity contribution in [2.45, 2.75) is 19.8 Å². The van der Waals surface area contributed by atoms with Gasteiger partial charge in [-0.2, -0.15) is 0 Å². The maximum atomic E-state index is 13.0. The maximum absolute atomic E-state index is 13.0. The molecule has 0 N–H and O–H groups in total. The van der Waals surface area contributed by atoms with E-state index in [1.54, 1.807) is 32.4 Å². The molecule has 2 fully saturated rings. The van der Waals surface area contributed by atoms with E-state index in [1.807, 2.05) is 11.0 Å². The molecule has 8 heteroatoms. The molecule has 3 heterocycles. The molecule has 8 nitrogen and oxygen atoms in total. The van der Waals surface area contributed by atoms with Gasteiger partial charge in [0.25, 0.3) is 5.91 Å². The first kappa shape index (κ1) is 21.2. The highest BCUT2D eigenvalue weighted by molar-refractivity contribution is 5.95. The van der Waals surface area contributed by atoms with Crippen molar-refractivity contribution < 1.29 is 14.3 Å². The van der Waals surface area contributed by atoms with Gasteiger partial charge in [-0.25, -0.2) is 0 Å². The summed E-state index contributed by atoms with van der Waals surface area (Å²) in [6.07, 6.45) is 2.41. The minimum absolute atomic E-state index is 0.0161. The van der Waals surface area contributed by atoms with E-state index in [2.05, 4.69) is 33.0 Å². The third-order valence-corrected chi connectivity index (χ3v) is 6.23. The van der Waals surface area contributed by atoms with Crippen molar-refractivity contribution in [1.82, 2.24) is 15.1 Å². The van der Waals surface area contributed by atoms with Crippen LogP contribution in [0.3, 0.4) is 0 Å². The lowest BCUT2D eigenvalue weighted by Gasteiger charge is -2.35. The Kier molecular flexibility index (Phi) is 6.44. The summed E-state index contributed by atoms with van der Waals surface area (Å²) in [6, 6.07) is 9.39. The van der Waals surface area contributed by atoms with Gasteiger partial charge in [-0.05, 0) is 43.0 Å². The molecule has 1 aromatic heterocycles. The molecule has 2 aromatic rings. The minimum atomic E-state index is -0.0161. The number of rotatable bonds is 5. The number of ether oxygens (including phenoxy) is 2. The van der Waals surface area contributed by atoms with Crippen molar-refractivity contribution in [1.29, 1.82) is 0 Å². The van der Waals surface area contributed by atoms with Gasteiger partial charge in [0.2, 0.25) is 0 Å². The lowest BCUT2D eigenvalue weighted by molar-refractivity contribution is 0.0745. The molecule has 2 aliphatic heterocycles. The number of piperazine rings is 1. The number of carbonyl (C=O) groups excluding carboxylic acids is 1. The summed E-state index contributed by atoms with van der Waals surface area (Å²) < 4.78 is 10.6. The van der Waals surface area contributed by atoms with E-state index in [0.717, 1.165) is 43.7 Å². The molecule has 0 aliphatic carbocycles. The molecule has 0 atom stereocenters. The predicted octanol–water partition coefficient (Wildman–Crippen LogP) is 2.69. The van der Waals surface area contributed by atoms with Crippen molar-refractivity contribution in [2.75, 3.05) is 63.3 Å². The number of carbonyl (C=O) groups is 1. The molecule has 1 aromatic carbocycles. The number of aromatic nitrogens is 2. The molecule has 2 aliphatic rings. The van der Waals surface area contributed by atoms with Crippen molar-refractivity contribution in [2.24, 2.45) is 5.92 Å². The van der Waals surface area contributed by atoms with Crippen LogP contribution in [-0.2, 0) is 0 Å². The summed E-state index contributed by atoms with van der Waals surface area (Å²) in [4.78, 5) is 19.3. The Morgan fingerprint density at radius 2 is 1.35 bits per heavy atom. The van der Waals surface area contributed by atoms with Gasteiger partial charge >= 0.3 is 0 Å². The molecule has 0 spiro atoms. The predicted molar refractivity (Wildman–Crippen MR) is 120 cm³/mol. The van der Waals surface area contributed by atoms with Crippen molar-refractivity contribution in [3.63, 3.8) is 0 Å². The highest BCUT2D eigenvalue weighted by Crippen LogP contribution is 2.25. The molecule has 1 amide bonds. The van der Waals surface area contributed by atoms with Crippen LogP contribution in [0.2, 0.25) is 0 Å². The molecule has 166 valence electrons. The highest BCUT2D eigenvalue weighted by Gasteiger charge is 2.24. The number of methoxy groups -OCH3 is 2. The lowest BCUT2D eigenvalue weighted by atomic mass is 9.99. The van der Waals surface area contributed by atoms with Crippen LogP contribution in [0, 0.1) is 5.92 Å². The summed E-state index contributed by atoms with van der Waals surface area (Å²) in [5, 5.41) is 8.94. The van der Waals surface area contributed by atoms with Gasteiger partial charge in [-0.15, -0.1) is 10.2 Å². The molecule has 0 saturated carbocycles. The van der Waals surface area contributed by atoms with Crippen LogP contribution in [-0.4, -0.2) is 74.5 Å². The fraction of sp³-hybridized carbons (Fsp3) is 0.522. The van der Waals surface area contributed by atoms with Gasteiger partial charge in [0.05, 0.1) is 14.2 Å². The van der Waals surface area contributed by atoms with Crippen LogP contribution >= 0.6 is 0 Å². The first-order valence-electron chi connectivity index (χ1n) is 10.9. The smallest absolute Gasteiger partial charge is 0.254 e. The van der Waals surface area contributed by atoms with Crippen LogP contribution < -0.4 is 19.3 Å². The van der Waals surface area contributed by atoms with Gasteiger partial charge in [-0.3, -0.25) is 4.79 Å². The number of amides is 1. The average Bonchev–Trinajstić information content (AvgIpc) is 2.84. The third kappa shape index (κ3) is 4.84. The molecular weight excluding hydrogens is 394 g/mol. The average molecular weight is 426 g/mol. The SMILES string of the molecule is COc1cc(OC)cc(C(=O)N2CCN(c3ccc(N4CCC(C)CC4)nn3)CC2)c1. The zero-order valence-electron chi connectivity index (χ0n) is 18.6. The highest BCUT2D eigenvalue weighted by atomic mass is 16.5. The summed E-state index contributed by atoms with van der Waals surface area (Å²) in [7, 11) is 3.17. The van der Waals surface area contributed by atoms with E-state index in [-0.39, 0.29) is 5.91 Å². The Morgan fingerprint density at radius 3 is 1.84 bits per heavy atom. The second-order valence-electron chi connectivity index (χ2n) is 8.30. The number of benzene rings is 1. The van der Waals surface area contributed by atoms with Crippen molar-refractivity contribution in [3.8, 4) is 11.5 Å². The van der Waals surface area contributed by atoms with Crippen LogP contribution in [0.25, 0.3) is 0 Å². The van der Waals surface area contributed by atoms with Gasteiger partial charge < -0.3 is 24.2 Å². The molecule has 2 saturated heterocycles. The second kappa shape index (κ2) is 9.41. The summed E-state index contributed by atoms with van der Waals surface area (Å²) in [5.74, 6) is 3.82. The topological polar surface area (TPSA) is 71.0 Å². The number of hydrogen-bond acceptors (Lipinski definition) is 7. The zero-order valence-corrected chi connectivity index (χ0v) is 18.6. The number of anilines is 2. The van der Waals surface area contributed by atoms with E-state index in [1.165, 1.54) is 12.8 Å². The Labute approximate surface area is 183 Å². The van der Waals surface area contributed by atoms with E-state index in [9.17, 15) is 4.79 Å². The molecule has 31 heavy (non-hydrogen) atoms. The van der Waals surface area contributed by atoms with E-state index in [0.29, 0.717) is 30.2 Å². The Balaban J connectivity index is 1.36. The van der Waals surface area contributed by atoms with Crippen LogP contribution in [0.5, 0.6) is 11.5 Å². The molecular formula is C23H31N5O3. The first-order valence-corrected chi connectivity index (χ1v) is 10.9. The number of piperidine rings is 1. The van der Waals surface area contributed by atoms with Gasteiger partial charge in [0.15, 0.2) is 11.6 Å². The summed E-state index contributed by atoms with van der Waals surface area (Å²) in [5.41, 5.74) is 0.574. The Bertz CT molecular complexity index is 866. The van der Waals surface area contributed by atoms with Crippen LogP contribution in [0.4, 0.5) is 11.6 Å². The zero-order chi connectivity index (χ0) is 21.8. The lowest BCUT2D eigenvalue weighted by Crippen LogP contribution is -2.49. The van der Waals surface area contributed by atoms with Gasteiger partial charge in [0.1, 0.15) is 11.5 Å². The van der Waals surface area contributed by atoms with E-state index in [4.69, 9.17) is 9.47 Å². The van der Waals surface area contributed by atoms with Crippen LogP contribution in [0.15, 0.2) is 30.3 Å². The van der Waals surface area contributed by atoms with Gasteiger partial charge in [0, 0.05) is 50.9 Å². The fourth-order valence-corrected chi connectivity index (χ4v) is 4.15. The maximum Gasteiger partial charge on any atom is 0.254 e. The van der Waals surface area contributed by atoms with E-state index < -0.39 is 0 Å². The van der Waals surface area contributed by atoms with Gasteiger partial charge in [-0.1, -0.05) is 6.92 Å². The number of hydrogen-bond donors (Lipinski definition) is 0. The normalized spacial score (nSPS) is 17.6. The van der Waals surface area contributed by atoms with Crippen LogP contribution in [0.1, 0.15) is 30.1 Å². The monoisotopic (exact) mass is 425 g/mol. The molecule has 0 radical (unpaired) electrons. The Morgan fingerprint density at radius 1 is 0.839 bits per heavy atom. The largest absolute Gasteiger partial charge is 0.497 e. The molecule has 0 unspecified atom stereocenters. The second-order valence-corrected chi connectivity index (χ2v) is 8.30. The molecule has 4 rings (SSSR count). The fourth-order valence-electron chi connectivity index (χ4n) is 4.15. The summed E-state index contributed by atoms with van der Waals surface area (Å²) >= 11 is 0. The number of nitrogens with zero attached hydrogens (tertiary/aromatic N) is 5. The quantitative estimate of drug-likeness (QED) is 0.729.